The lowest BCUT2D eigenvalue weighted by Gasteiger charge is -2.22. The van der Waals surface area contributed by atoms with Gasteiger partial charge in [0.15, 0.2) is 0 Å². The van der Waals surface area contributed by atoms with Gasteiger partial charge in [0.1, 0.15) is 0 Å². The van der Waals surface area contributed by atoms with Crippen LogP contribution in [0.2, 0.25) is 0 Å². The second-order valence-corrected chi connectivity index (χ2v) is 5.01. The van der Waals surface area contributed by atoms with E-state index in [9.17, 15) is 4.79 Å². The maximum Gasteiger partial charge on any atom is 0.315 e. The largest absolute Gasteiger partial charge is 0.335 e. The maximum absolute atomic E-state index is 11.7. The number of carbonyl (C=O) groups excluding carboxylic acids is 1. The molecule has 2 amide bonds. The van der Waals surface area contributed by atoms with Gasteiger partial charge in [0, 0.05) is 18.4 Å². The predicted molar refractivity (Wildman–Crippen MR) is 63.6 cm³/mol. The van der Waals surface area contributed by atoms with Crippen LogP contribution in [0.5, 0.6) is 0 Å². The number of nitrogens with one attached hydrogen (secondary N) is 2. The number of rotatable bonds is 3. The van der Waals surface area contributed by atoms with E-state index in [1.54, 1.807) is 6.20 Å². The zero-order valence-electron chi connectivity index (χ0n) is 9.80. The minimum Gasteiger partial charge on any atom is -0.335 e. The van der Waals surface area contributed by atoms with Gasteiger partial charge in [0.2, 0.25) is 0 Å². The molecule has 0 spiro atoms. The highest BCUT2D eigenvalue weighted by Gasteiger charge is 2.31. The summed E-state index contributed by atoms with van der Waals surface area (Å²) in [6.45, 7) is 0. The summed E-state index contributed by atoms with van der Waals surface area (Å²) in [5, 5.41) is 6.06. The topological polar surface area (TPSA) is 59.0 Å². The number of aromatic nitrogens is 2. The molecule has 0 aromatic carbocycles. The second-order valence-electron chi connectivity index (χ2n) is 5.01. The monoisotopic (exact) mass is 234 g/mol. The average molecular weight is 234 g/mol. The number of carbonyl (C=O) groups is 1. The molecule has 0 bridgehead atoms. The lowest BCUT2D eigenvalue weighted by molar-refractivity contribution is 0.233. The number of urea groups is 1. The molecule has 5 heteroatoms. The van der Waals surface area contributed by atoms with E-state index >= 15 is 0 Å². The van der Waals surface area contributed by atoms with Crippen molar-refractivity contribution in [1.29, 1.82) is 0 Å². The molecule has 1 aromatic heterocycles. The van der Waals surface area contributed by atoms with Gasteiger partial charge in [-0.3, -0.25) is 0 Å². The fraction of sp³-hybridized carbons (Fsp3) is 0.667. The van der Waals surface area contributed by atoms with Crippen molar-refractivity contribution in [2.75, 3.05) is 0 Å². The van der Waals surface area contributed by atoms with E-state index in [0.717, 1.165) is 32.1 Å². The Balaban J connectivity index is 1.59. The van der Waals surface area contributed by atoms with Crippen LogP contribution in [0.1, 0.15) is 38.1 Å². The van der Waals surface area contributed by atoms with E-state index in [-0.39, 0.29) is 12.1 Å². The van der Waals surface area contributed by atoms with E-state index < -0.39 is 0 Å². The molecule has 17 heavy (non-hydrogen) atoms. The predicted octanol–water partition coefficient (Wildman–Crippen LogP) is 1.44. The molecule has 2 atom stereocenters. The van der Waals surface area contributed by atoms with Crippen molar-refractivity contribution in [2.24, 2.45) is 0 Å². The molecule has 2 saturated carbocycles. The molecule has 2 unspecified atom stereocenters. The molecule has 2 aliphatic carbocycles. The Labute approximate surface area is 101 Å². The zero-order valence-corrected chi connectivity index (χ0v) is 9.80. The SMILES string of the molecule is O=C(NC1CC1)NC1CCCC1n1ccnc1. The molecule has 92 valence electrons. The van der Waals surface area contributed by atoms with Crippen LogP contribution in [0.3, 0.4) is 0 Å². The first-order valence-corrected chi connectivity index (χ1v) is 6.37. The van der Waals surface area contributed by atoms with E-state index in [1.807, 2.05) is 12.5 Å². The van der Waals surface area contributed by atoms with Gasteiger partial charge in [0.05, 0.1) is 18.4 Å². The summed E-state index contributed by atoms with van der Waals surface area (Å²) in [6.07, 6.45) is 11.2. The van der Waals surface area contributed by atoms with Gasteiger partial charge in [-0.05, 0) is 32.1 Å². The first kappa shape index (κ1) is 10.6. The molecule has 2 N–H and O–H groups in total. The summed E-state index contributed by atoms with van der Waals surface area (Å²) < 4.78 is 2.11. The Bertz CT molecular complexity index is 385. The first-order chi connectivity index (χ1) is 8.33. The van der Waals surface area contributed by atoms with Gasteiger partial charge in [-0.2, -0.15) is 0 Å². The molecule has 0 radical (unpaired) electrons. The Morgan fingerprint density at radius 1 is 1.24 bits per heavy atom. The average Bonchev–Trinajstić information content (AvgIpc) is 2.83. The summed E-state index contributed by atoms with van der Waals surface area (Å²) in [6, 6.07) is 1.01. The van der Waals surface area contributed by atoms with Crippen molar-refractivity contribution in [3.63, 3.8) is 0 Å². The van der Waals surface area contributed by atoms with Crippen LogP contribution >= 0.6 is 0 Å². The summed E-state index contributed by atoms with van der Waals surface area (Å²) >= 11 is 0. The normalized spacial score (nSPS) is 28.0. The Morgan fingerprint density at radius 2 is 2.12 bits per heavy atom. The minimum atomic E-state index is -0.00971. The van der Waals surface area contributed by atoms with Crippen molar-refractivity contribution in [3.05, 3.63) is 18.7 Å². The highest BCUT2D eigenvalue weighted by molar-refractivity contribution is 5.75. The minimum absolute atomic E-state index is 0.00971. The fourth-order valence-electron chi connectivity index (χ4n) is 2.55. The second kappa shape index (κ2) is 4.39. The Kier molecular flexibility index (Phi) is 2.74. The van der Waals surface area contributed by atoms with Gasteiger partial charge in [-0.1, -0.05) is 0 Å². The lowest BCUT2D eigenvalue weighted by atomic mass is 10.2. The van der Waals surface area contributed by atoms with Crippen LogP contribution in [0.4, 0.5) is 4.79 Å². The summed E-state index contributed by atoms with van der Waals surface area (Å²) in [5.41, 5.74) is 0. The molecule has 1 heterocycles. The van der Waals surface area contributed by atoms with Gasteiger partial charge >= 0.3 is 6.03 Å². The van der Waals surface area contributed by atoms with Crippen molar-refractivity contribution < 1.29 is 4.79 Å². The molecule has 0 saturated heterocycles. The molecule has 3 rings (SSSR count). The van der Waals surface area contributed by atoms with E-state index in [0.29, 0.717) is 12.1 Å². The van der Waals surface area contributed by atoms with Crippen molar-refractivity contribution >= 4 is 6.03 Å². The van der Waals surface area contributed by atoms with Crippen molar-refractivity contribution in [2.45, 2.75) is 50.2 Å². The Hall–Kier alpha value is -1.52. The maximum atomic E-state index is 11.7. The summed E-state index contributed by atoms with van der Waals surface area (Å²) in [7, 11) is 0. The number of amides is 2. The Morgan fingerprint density at radius 3 is 2.82 bits per heavy atom. The number of hydrogen-bond acceptors (Lipinski definition) is 2. The smallest absolute Gasteiger partial charge is 0.315 e. The molecular weight excluding hydrogens is 216 g/mol. The van der Waals surface area contributed by atoms with Crippen molar-refractivity contribution in [3.8, 4) is 0 Å². The first-order valence-electron chi connectivity index (χ1n) is 6.37. The highest BCUT2D eigenvalue weighted by Crippen LogP contribution is 2.30. The molecule has 5 nitrogen and oxygen atoms in total. The third-order valence-electron chi connectivity index (χ3n) is 3.62. The van der Waals surface area contributed by atoms with Gasteiger partial charge in [-0.15, -0.1) is 0 Å². The van der Waals surface area contributed by atoms with E-state index in [2.05, 4.69) is 20.2 Å². The van der Waals surface area contributed by atoms with E-state index in [4.69, 9.17) is 0 Å². The van der Waals surface area contributed by atoms with Crippen LogP contribution in [0.25, 0.3) is 0 Å². The number of imidazole rings is 1. The fourth-order valence-corrected chi connectivity index (χ4v) is 2.55. The molecule has 2 aliphatic rings. The zero-order chi connectivity index (χ0) is 11.7. The highest BCUT2D eigenvalue weighted by atomic mass is 16.2. The van der Waals surface area contributed by atoms with Crippen LogP contribution in [0, 0.1) is 0 Å². The summed E-state index contributed by atoms with van der Waals surface area (Å²) in [4.78, 5) is 15.8. The van der Waals surface area contributed by atoms with Crippen LogP contribution < -0.4 is 10.6 Å². The van der Waals surface area contributed by atoms with E-state index in [1.165, 1.54) is 0 Å². The van der Waals surface area contributed by atoms with Crippen LogP contribution in [0.15, 0.2) is 18.7 Å². The standard InChI is InChI=1S/C12H18N4O/c17-12(14-9-4-5-9)15-10-2-1-3-11(10)16-7-6-13-8-16/h6-11H,1-5H2,(H2,14,15,17). The van der Waals surface area contributed by atoms with Gasteiger partial charge < -0.3 is 15.2 Å². The summed E-state index contributed by atoms with van der Waals surface area (Å²) in [5.74, 6) is 0. The molecule has 2 fully saturated rings. The molecular formula is C12H18N4O. The van der Waals surface area contributed by atoms with Gasteiger partial charge in [0.25, 0.3) is 0 Å². The number of nitrogens with zero attached hydrogens (tertiary/aromatic N) is 2. The molecule has 1 aromatic rings. The third kappa shape index (κ3) is 2.43. The van der Waals surface area contributed by atoms with Crippen LogP contribution in [-0.4, -0.2) is 27.7 Å². The van der Waals surface area contributed by atoms with Crippen LogP contribution in [-0.2, 0) is 0 Å². The van der Waals surface area contributed by atoms with Crippen molar-refractivity contribution in [1.82, 2.24) is 20.2 Å². The lowest BCUT2D eigenvalue weighted by Crippen LogP contribution is -2.44. The molecule has 0 aliphatic heterocycles. The third-order valence-corrected chi connectivity index (χ3v) is 3.62. The number of hydrogen-bond donors (Lipinski definition) is 2. The quantitative estimate of drug-likeness (QED) is 0.831. The van der Waals surface area contributed by atoms with Gasteiger partial charge in [-0.25, -0.2) is 9.78 Å².